The van der Waals surface area contributed by atoms with Gasteiger partial charge in [0, 0.05) is 18.0 Å². The number of hydrazine groups is 1. The minimum Gasteiger partial charge on any atom is -0.376 e. The maximum Gasteiger partial charge on any atom is 0.279 e. The Morgan fingerprint density at radius 3 is 2.96 bits per heavy atom. The lowest BCUT2D eigenvalue weighted by Gasteiger charge is -2.14. The topological polar surface area (TPSA) is 62.4 Å². The molecule has 3 N–H and O–H groups in total. The van der Waals surface area contributed by atoms with Gasteiger partial charge in [-0.05, 0) is 62.4 Å². The van der Waals surface area contributed by atoms with Gasteiger partial charge in [0.15, 0.2) is 5.11 Å². The van der Waals surface area contributed by atoms with Crippen LogP contribution in [0.4, 0.5) is 0 Å². The molecule has 1 fully saturated rings. The van der Waals surface area contributed by atoms with Crippen molar-refractivity contribution >= 4 is 34.6 Å². The fourth-order valence-electron chi connectivity index (χ4n) is 3.01. The van der Waals surface area contributed by atoms with Crippen molar-refractivity contribution in [1.29, 1.82) is 0 Å². The first-order valence-electron chi connectivity index (χ1n) is 8.30. The first-order valence-corrected chi connectivity index (χ1v) is 9.52. The van der Waals surface area contributed by atoms with Gasteiger partial charge in [0.25, 0.3) is 5.91 Å². The summed E-state index contributed by atoms with van der Waals surface area (Å²) in [5.74, 6) is -0.121. The molecule has 0 aromatic carbocycles. The fraction of sp³-hybridized carbons (Fsp3) is 0.625. The van der Waals surface area contributed by atoms with Gasteiger partial charge in [-0.15, -0.1) is 11.3 Å². The van der Waals surface area contributed by atoms with Gasteiger partial charge >= 0.3 is 0 Å². The van der Waals surface area contributed by atoms with Gasteiger partial charge in [0.2, 0.25) is 0 Å². The van der Waals surface area contributed by atoms with Crippen LogP contribution in [0.3, 0.4) is 0 Å². The summed E-state index contributed by atoms with van der Waals surface area (Å²) in [6.45, 7) is 1.50. The summed E-state index contributed by atoms with van der Waals surface area (Å²) >= 11 is 6.78. The van der Waals surface area contributed by atoms with Gasteiger partial charge in [-0.1, -0.05) is 6.42 Å². The van der Waals surface area contributed by atoms with Crippen molar-refractivity contribution in [3.63, 3.8) is 0 Å². The zero-order valence-corrected chi connectivity index (χ0v) is 14.8. The highest BCUT2D eigenvalue weighted by Gasteiger charge is 2.17. The molecule has 7 heteroatoms. The molecule has 1 aliphatic carbocycles. The Hall–Kier alpha value is -1.18. The molecule has 1 aromatic rings. The van der Waals surface area contributed by atoms with Crippen LogP contribution in [0, 0.1) is 0 Å². The van der Waals surface area contributed by atoms with Crippen LogP contribution in [0.1, 0.15) is 52.2 Å². The molecule has 1 aliphatic heterocycles. The number of amides is 1. The molecule has 1 aromatic heterocycles. The highest BCUT2D eigenvalue weighted by molar-refractivity contribution is 7.80. The molecule has 5 nitrogen and oxygen atoms in total. The summed E-state index contributed by atoms with van der Waals surface area (Å²) in [5.41, 5.74) is 6.79. The van der Waals surface area contributed by atoms with Crippen molar-refractivity contribution in [3.05, 3.63) is 21.4 Å². The lowest BCUT2D eigenvalue weighted by Crippen LogP contribution is -2.48. The van der Waals surface area contributed by atoms with Crippen molar-refractivity contribution in [2.45, 2.75) is 51.0 Å². The first-order chi connectivity index (χ1) is 11.2. The number of carbonyl (C=O) groups excluding carboxylic acids is 1. The van der Waals surface area contributed by atoms with E-state index in [1.54, 1.807) is 11.3 Å². The Kier molecular flexibility index (Phi) is 5.85. The van der Waals surface area contributed by atoms with E-state index in [9.17, 15) is 4.79 Å². The number of thiocarbonyl (C=S) groups is 1. The second-order valence-electron chi connectivity index (χ2n) is 6.04. The molecule has 1 saturated heterocycles. The van der Waals surface area contributed by atoms with Crippen LogP contribution in [0.2, 0.25) is 0 Å². The molecule has 2 heterocycles. The second kappa shape index (κ2) is 8.08. The van der Waals surface area contributed by atoms with Crippen molar-refractivity contribution in [2.75, 3.05) is 13.2 Å². The highest BCUT2D eigenvalue weighted by atomic mass is 32.1. The summed E-state index contributed by atoms with van der Waals surface area (Å²) in [6.07, 6.45) is 8.31. The van der Waals surface area contributed by atoms with E-state index >= 15 is 0 Å². The smallest absolute Gasteiger partial charge is 0.279 e. The highest BCUT2D eigenvalue weighted by Crippen LogP contribution is 2.28. The van der Waals surface area contributed by atoms with Crippen LogP contribution in [0.25, 0.3) is 0 Å². The maximum atomic E-state index is 12.2. The third kappa shape index (κ3) is 4.65. The number of ether oxygens (including phenoxy) is 1. The van der Waals surface area contributed by atoms with Crippen molar-refractivity contribution < 1.29 is 9.53 Å². The van der Waals surface area contributed by atoms with Crippen LogP contribution >= 0.6 is 23.6 Å². The van der Waals surface area contributed by atoms with Crippen molar-refractivity contribution in [1.82, 2.24) is 16.2 Å². The van der Waals surface area contributed by atoms with E-state index in [4.69, 9.17) is 17.0 Å². The Morgan fingerprint density at radius 1 is 1.26 bits per heavy atom. The number of thiophene rings is 1. The number of hydrogen-bond donors (Lipinski definition) is 3. The third-order valence-corrected chi connectivity index (χ3v) is 5.76. The normalized spacial score (nSPS) is 20.4. The van der Waals surface area contributed by atoms with E-state index < -0.39 is 0 Å². The van der Waals surface area contributed by atoms with E-state index in [1.165, 1.54) is 29.7 Å². The molecular weight excluding hydrogens is 330 g/mol. The molecule has 23 heavy (non-hydrogen) atoms. The molecule has 0 unspecified atom stereocenters. The van der Waals surface area contributed by atoms with Crippen LogP contribution in [-0.4, -0.2) is 30.3 Å². The van der Waals surface area contributed by atoms with Gasteiger partial charge < -0.3 is 10.1 Å². The summed E-state index contributed by atoms with van der Waals surface area (Å²) in [4.78, 5) is 14.4. The number of rotatable bonds is 3. The zero-order chi connectivity index (χ0) is 16.1. The molecular formula is C16H23N3O2S2. The third-order valence-electron chi connectivity index (χ3n) is 4.27. The number of fused-ring (bicyclic) bond motifs is 1. The number of aryl methyl sites for hydroxylation is 2. The summed E-state index contributed by atoms with van der Waals surface area (Å²) in [6, 6.07) is 2.03. The van der Waals surface area contributed by atoms with Gasteiger partial charge in [-0.3, -0.25) is 15.6 Å². The fourth-order valence-corrected chi connectivity index (χ4v) is 4.29. The first kappa shape index (κ1) is 16.7. The zero-order valence-electron chi connectivity index (χ0n) is 13.2. The van der Waals surface area contributed by atoms with Crippen molar-refractivity contribution in [3.8, 4) is 0 Å². The minimum atomic E-state index is -0.121. The van der Waals surface area contributed by atoms with E-state index in [0.717, 1.165) is 37.2 Å². The molecule has 0 spiro atoms. The average Bonchev–Trinajstić information content (AvgIpc) is 3.16. The van der Waals surface area contributed by atoms with Crippen LogP contribution in [-0.2, 0) is 17.6 Å². The largest absolute Gasteiger partial charge is 0.376 e. The summed E-state index contributed by atoms with van der Waals surface area (Å²) in [7, 11) is 0. The molecule has 126 valence electrons. The predicted molar refractivity (Wildman–Crippen MR) is 95.8 cm³/mol. The SMILES string of the molecule is O=C(NNC(=S)NC[C@H]1CCCO1)c1cc2c(s1)CCCCC2. The Bertz CT molecular complexity index is 544. The van der Waals surface area contributed by atoms with Crippen LogP contribution in [0.15, 0.2) is 6.07 Å². The summed E-state index contributed by atoms with van der Waals surface area (Å²) in [5, 5.41) is 3.50. The monoisotopic (exact) mass is 353 g/mol. The van der Waals surface area contributed by atoms with Crippen LogP contribution < -0.4 is 16.2 Å². The van der Waals surface area contributed by atoms with Gasteiger partial charge in [0.1, 0.15) is 0 Å². The second-order valence-corrected chi connectivity index (χ2v) is 7.59. The van der Waals surface area contributed by atoms with Gasteiger partial charge in [-0.2, -0.15) is 0 Å². The average molecular weight is 354 g/mol. The summed E-state index contributed by atoms with van der Waals surface area (Å²) < 4.78 is 5.52. The van der Waals surface area contributed by atoms with E-state index in [1.807, 2.05) is 6.07 Å². The van der Waals surface area contributed by atoms with E-state index in [2.05, 4.69) is 16.2 Å². The molecule has 2 aliphatic rings. The van der Waals surface area contributed by atoms with E-state index in [0.29, 0.717) is 11.7 Å². The standard InChI is InChI=1S/C16H23N3O2S2/c20-15(14-9-11-5-2-1-3-7-13(11)23-14)18-19-16(22)17-10-12-6-4-8-21-12/h9,12H,1-8,10H2,(H,18,20)(H2,17,19,22)/t12-/m1/s1. The number of carbonyl (C=O) groups is 1. The predicted octanol–water partition coefficient (Wildman–Crippen LogP) is 2.30. The Labute approximate surface area is 146 Å². The minimum absolute atomic E-state index is 0.121. The van der Waals surface area contributed by atoms with E-state index in [-0.39, 0.29) is 12.0 Å². The molecule has 1 amide bonds. The van der Waals surface area contributed by atoms with Crippen LogP contribution in [0.5, 0.6) is 0 Å². The molecule has 1 atom stereocenters. The molecule has 3 rings (SSSR count). The maximum absolute atomic E-state index is 12.2. The van der Waals surface area contributed by atoms with Crippen molar-refractivity contribution in [2.24, 2.45) is 0 Å². The molecule has 0 saturated carbocycles. The Morgan fingerprint density at radius 2 is 2.13 bits per heavy atom. The number of nitrogens with one attached hydrogen (secondary N) is 3. The molecule has 0 bridgehead atoms. The van der Waals surface area contributed by atoms with Gasteiger partial charge in [0.05, 0.1) is 11.0 Å². The lowest BCUT2D eigenvalue weighted by atomic mass is 10.1. The van der Waals surface area contributed by atoms with Gasteiger partial charge in [-0.25, -0.2) is 0 Å². The molecule has 0 radical (unpaired) electrons. The Balaban J connectivity index is 1.44. The lowest BCUT2D eigenvalue weighted by molar-refractivity contribution is 0.0947. The quantitative estimate of drug-likeness (QED) is 0.442. The number of hydrogen-bond acceptors (Lipinski definition) is 4.